The SMILES string of the molecule is CC(C)(C(=O)O)c1ccccc1.Cc1ccccc1. The molecule has 0 atom stereocenters. The number of aliphatic carboxylic acids is 1. The van der Waals surface area contributed by atoms with Gasteiger partial charge in [0.1, 0.15) is 0 Å². The van der Waals surface area contributed by atoms with E-state index in [-0.39, 0.29) is 0 Å². The standard InChI is InChI=1S/C10H12O2.C7H8/c1-10(2,9(11)12)8-6-4-3-5-7-8;1-7-5-3-2-4-6-7/h3-7H,1-2H3,(H,11,12);2-6H,1H3. The highest BCUT2D eigenvalue weighted by Crippen LogP contribution is 2.22. The molecule has 2 heteroatoms. The summed E-state index contributed by atoms with van der Waals surface area (Å²) in [5.74, 6) is -0.797. The molecule has 0 heterocycles. The molecule has 0 radical (unpaired) electrons. The predicted molar refractivity (Wildman–Crippen MR) is 78.3 cm³/mol. The van der Waals surface area contributed by atoms with E-state index in [0.29, 0.717) is 0 Å². The summed E-state index contributed by atoms with van der Waals surface area (Å²) in [6.45, 7) is 5.48. The van der Waals surface area contributed by atoms with Gasteiger partial charge in [0.25, 0.3) is 0 Å². The van der Waals surface area contributed by atoms with Crippen LogP contribution in [-0.2, 0) is 10.2 Å². The van der Waals surface area contributed by atoms with Crippen LogP contribution in [0.15, 0.2) is 60.7 Å². The fourth-order valence-corrected chi connectivity index (χ4v) is 1.51. The Morgan fingerprint density at radius 1 is 0.895 bits per heavy atom. The van der Waals surface area contributed by atoms with Gasteiger partial charge < -0.3 is 5.11 Å². The Bertz CT molecular complexity index is 501. The number of carbonyl (C=O) groups is 1. The van der Waals surface area contributed by atoms with Gasteiger partial charge in [0, 0.05) is 0 Å². The fraction of sp³-hybridized carbons (Fsp3) is 0.235. The van der Waals surface area contributed by atoms with Crippen LogP contribution >= 0.6 is 0 Å². The highest BCUT2D eigenvalue weighted by atomic mass is 16.4. The summed E-state index contributed by atoms with van der Waals surface area (Å²) in [6.07, 6.45) is 0. The fourth-order valence-electron chi connectivity index (χ4n) is 1.51. The zero-order chi connectivity index (χ0) is 14.3. The van der Waals surface area contributed by atoms with E-state index in [1.54, 1.807) is 13.8 Å². The maximum atomic E-state index is 10.8. The molecular weight excluding hydrogens is 236 g/mol. The third kappa shape index (κ3) is 4.59. The molecule has 2 aromatic rings. The number of hydrogen-bond donors (Lipinski definition) is 1. The molecular formula is C17H20O2. The molecule has 0 saturated carbocycles. The zero-order valence-electron chi connectivity index (χ0n) is 11.6. The number of carboxylic acids is 1. The van der Waals surface area contributed by atoms with E-state index < -0.39 is 11.4 Å². The van der Waals surface area contributed by atoms with Gasteiger partial charge in [0.2, 0.25) is 0 Å². The third-order valence-corrected chi connectivity index (χ3v) is 2.97. The Balaban J connectivity index is 0.000000218. The van der Waals surface area contributed by atoms with Crippen LogP contribution < -0.4 is 0 Å². The Morgan fingerprint density at radius 2 is 1.32 bits per heavy atom. The second-order valence-electron chi connectivity index (χ2n) is 4.95. The summed E-state index contributed by atoms with van der Waals surface area (Å²) in [6, 6.07) is 19.5. The van der Waals surface area contributed by atoms with Crippen molar-refractivity contribution in [1.82, 2.24) is 0 Å². The average Bonchev–Trinajstić information content (AvgIpc) is 2.41. The maximum Gasteiger partial charge on any atom is 0.313 e. The molecule has 2 nitrogen and oxygen atoms in total. The largest absolute Gasteiger partial charge is 0.481 e. The van der Waals surface area contributed by atoms with Crippen molar-refractivity contribution in [3.63, 3.8) is 0 Å². The van der Waals surface area contributed by atoms with Crippen molar-refractivity contribution < 1.29 is 9.90 Å². The number of aryl methyl sites for hydroxylation is 1. The van der Waals surface area contributed by atoms with E-state index in [4.69, 9.17) is 5.11 Å². The highest BCUT2D eigenvalue weighted by Gasteiger charge is 2.28. The molecule has 0 spiro atoms. The van der Waals surface area contributed by atoms with Crippen molar-refractivity contribution in [1.29, 1.82) is 0 Å². The van der Waals surface area contributed by atoms with Gasteiger partial charge >= 0.3 is 5.97 Å². The Labute approximate surface area is 114 Å². The molecule has 2 rings (SSSR count). The molecule has 0 aromatic heterocycles. The summed E-state index contributed by atoms with van der Waals surface area (Å²) in [5.41, 5.74) is 1.36. The zero-order valence-corrected chi connectivity index (χ0v) is 11.6. The van der Waals surface area contributed by atoms with Gasteiger partial charge in [-0.25, -0.2) is 0 Å². The summed E-state index contributed by atoms with van der Waals surface area (Å²) in [4.78, 5) is 10.8. The van der Waals surface area contributed by atoms with Crippen LogP contribution in [0.25, 0.3) is 0 Å². The van der Waals surface area contributed by atoms with Gasteiger partial charge in [0.05, 0.1) is 5.41 Å². The second-order valence-corrected chi connectivity index (χ2v) is 4.95. The number of hydrogen-bond acceptors (Lipinski definition) is 1. The lowest BCUT2D eigenvalue weighted by atomic mass is 9.85. The molecule has 0 fully saturated rings. The van der Waals surface area contributed by atoms with Crippen LogP contribution in [-0.4, -0.2) is 11.1 Å². The molecule has 0 aliphatic heterocycles. The summed E-state index contributed by atoms with van der Waals surface area (Å²) < 4.78 is 0. The van der Waals surface area contributed by atoms with Crippen LogP contribution in [0.5, 0.6) is 0 Å². The Hall–Kier alpha value is -2.09. The first-order valence-electron chi connectivity index (χ1n) is 6.25. The van der Waals surface area contributed by atoms with E-state index in [1.165, 1.54) is 5.56 Å². The smallest absolute Gasteiger partial charge is 0.313 e. The highest BCUT2D eigenvalue weighted by molar-refractivity contribution is 5.80. The molecule has 0 bridgehead atoms. The molecule has 1 N–H and O–H groups in total. The van der Waals surface area contributed by atoms with Crippen LogP contribution in [0.2, 0.25) is 0 Å². The number of benzene rings is 2. The average molecular weight is 256 g/mol. The van der Waals surface area contributed by atoms with Gasteiger partial charge in [-0.05, 0) is 26.3 Å². The van der Waals surface area contributed by atoms with Gasteiger partial charge in [-0.2, -0.15) is 0 Å². The van der Waals surface area contributed by atoms with Crippen molar-refractivity contribution in [2.45, 2.75) is 26.2 Å². The lowest BCUT2D eigenvalue weighted by molar-refractivity contribution is -0.142. The maximum absolute atomic E-state index is 10.8. The normalized spacial score (nSPS) is 10.3. The van der Waals surface area contributed by atoms with Gasteiger partial charge in [-0.15, -0.1) is 0 Å². The van der Waals surface area contributed by atoms with E-state index >= 15 is 0 Å². The van der Waals surface area contributed by atoms with Crippen molar-refractivity contribution in [3.05, 3.63) is 71.8 Å². The molecule has 2 aromatic carbocycles. The van der Waals surface area contributed by atoms with Gasteiger partial charge in [-0.3, -0.25) is 4.79 Å². The van der Waals surface area contributed by atoms with Gasteiger partial charge in [-0.1, -0.05) is 66.2 Å². The van der Waals surface area contributed by atoms with E-state index in [9.17, 15) is 4.79 Å². The third-order valence-electron chi connectivity index (χ3n) is 2.97. The van der Waals surface area contributed by atoms with Crippen molar-refractivity contribution in [2.75, 3.05) is 0 Å². The van der Waals surface area contributed by atoms with Crippen LogP contribution in [0.1, 0.15) is 25.0 Å². The van der Waals surface area contributed by atoms with Crippen molar-refractivity contribution in [2.24, 2.45) is 0 Å². The molecule has 0 aliphatic rings. The summed E-state index contributed by atoms with van der Waals surface area (Å²) in [7, 11) is 0. The van der Waals surface area contributed by atoms with Crippen LogP contribution in [0.3, 0.4) is 0 Å². The minimum Gasteiger partial charge on any atom is -0.481 e. The van der Waals surface area contributed by atoms with Crippen LogP contribution in [0.4, 0.5) is 0 Å². The van der Waals surface area contributed by atoms with Crippen molar-refractivity contribution >= 4 is 5.97 Å². The molecule has 0 aliphatic carbocycles. The topological polar surface area (TPSA) is 37.3 Å². The monoisotopic (exact) mass is 256 g/mol. The summed E-state index contributed by atoms with van der Waals surface area (Å²) in [5, 5.41) is 8.89. The van der Waals surface area contributed by atoms with E-state index in [2.05, 4.69) is 19.1 Å². The van der Waals surface area contributed by atoms with Crippen molar-refractivity contribution in [3.8, 4) is 0 Å². The minimum absolute atomic E-state index is 0.790. The van der Waals surface area contributed by atoms with E-state index in [1.807, 2.05) is 48.5 Å². The molecule has 0 unspecified atom stereocenters. The van der Waals surface area contributed by atoms with E-state index in [0.717, 1.165) is 5.56 Å². The Kier molecular flexibility index (Phi) is 5.31. The first-order valence-corrected chi connectivity index (χ1v) is 6.25. The molecule has 19 heavy (non-hydrogen) atoms. The predicted octanol–water partition coefficient (Wildman–Crippen LogP) is 4.04. The second kappa shape index (κ2) is 6.74. The lowest BCUT2D eigenvalue weighted by Crippen LogP contribution is -2.28. The molecule has 100 valence electrons. The first-order chi connectivity index (χ1) is 8.94. The lowest BCUT2D eigenvalue weighted by Gasteiger charge is -2.18. The van der Waals surface area contributed by atoms with Gasteiger partial charge in [0.15, 0.2) is 0 Å². The number of rotatable bonds is 2. The molecule has 0 amide bonds. The molecule has 0 saturated heterocycles. The first kappa shape index (κ1) is 15.0. The number of carboxylic acid groups (broad SMARTS) is 1. The van der Waals surface area contributed by atoms with Crippen LogP contribution in [0, 0.1) is 6.92 Å². The Morgan fingerprint density at radius 3 is 1.63 bits per heavy atom. The summed E-state index contributed by atoms with van der Waals surface area (Å²) >= 11 is 0. The quantitative estimate of drug-likeness (QED) is 0.880. The minimum atomic E-state index is -0.797.